The van der Waals surface area contributed by atoms with Gasteiger partial charge in [0.1, 0.15) is 18.8 Å². The molecule has 42 heavy (non-hydrogen) atoms. The van der Waals surface area contributed by atoms with E-state index in [-0.39, 0.29) is 61.5 Å². The van der Waals surface area contributed by atoms with Crippen LogP contribution in [0.15, 0.2) is 18.2 Å². The second kappa shape index (κ2) is 18.3. The maximum Gasteiger partial charge on any atom is 0.513 e. The molecular formula is C31H47NO10. The summed E-state index contributed by atoms with van der Waals surface area (Å²) in [5.74, 6) is -0.901. The summed E-state index contributed by atoms with van der Waals surface area (Å²) in [7, 11) is 0. The Bertz CT molecular complexity index is 1020. The zero-order valence-electron chi connectivity index (χ0n) is 25.6. The molecule has 11 nitrogen and oxygen atoms in total. The summed E-state index contributed by atoms with van der Waals surface area (Å²) in [6.45, 7) is 9.69. The molecule has 2 rings (SSSR count). The lowest BCUT2D eigenvalue weighted by Gasteiger charge is -2.22. The lowest BCUT2D eigenvalue weighted by molar-refractivity contribution is -0.162. The summed E-state index contributed by atoms with van der Waals surface area (Å²) < 4.78 is 31.6. The second-order valence-corrected chi connectivity index (χ2v) is 11.2. The van der Waals surface area contributed by atoms with E-state index in [4.69, 9.17) is 34.2 Å². The van der Waals surface area contributed by atoms with E-state index < -0.39 is 30.4 Å². The molecule has 1 aromatic carbocycles. The first-order valence-corrected chi connectivity index (χ1v) is 15.0. The molecule has 2 N–H and O–H groups in total. The van der Waals surface area contributed by atoms with Crippen LogP contribution in [0.2, 0.25) is 0 Å². The lowest BCUT2D eigenvalue weighted by Crippen LogP contribution is -2.36. The Morgan fingerprint density at radius 1 is 0.810 bits per heavy atom. The first-order chi connectivity index (χ1) is 20.0. The molecule has 0 amide bonds. The van der Waals surface area contributed by atoms with Gasteiger partial charge in [0.15, 0.2) is 11.5 Å². The Morgan fingerprint density at radius 3 is 1.95 bits per heavy atom. The van der Waals surface area contributed by atoms with Crippen LogP contribution in [-0.4, -0.2) is 56.2 Å². The molecule has 0 heterocycles. The SMILES string of the molecule is CCC(C)COC(=O)Oc1ccc(C[C@H](N)C(=O)OC[C@H](C)OC(=O)C2CCCCC2)cc1OC(=O)OCC(C)CC. The van der Waals surface area contributed by atoms with E-state index in [0.29, 0.717) is 5.56 Å². The van der Waals surface area contributed by atoms with Crippen molar-refractivity contribution in [3.05, 3.63) is 23.8 Å². The van der Waals surface area contributed by atoms with Crippen LogP contribution in [0.25, 0.3) is 0 Å². The maximum absolute atomic E-state index is 12.6. The minimum absolute atomic E-state index is 0.0338. The van der Waals surface area contributed by atoms with E-state index in [0.717, 1.165) is 44.9 Å². The quantitative estimate of drug-likeness (QED) is 0.151. The van der Waals surface area contributed by atoms with E-state index in [1.165, 1.54) is 12.1 Å². The minimum atomic E-state index is -1.05. The average Bonchev–Trinajstić information content (AvgIpc) is 2.98. The molecule has 1 fully saturated rings. The molecule has 4 atom stereocenters. The van der Waals surface area contributed by atoms with Gasteiger partial charge in [-0.1, -0.05) is 65.9 Å². The zero-order chi connectivity index (χ0) is 31.1. The van der Waals surface area contributed by atoms with Gasteiger partial charge in [0.05, 0.1) is 19.1 Å². The van der Waals surface area contributed by atoms with Gasteiger partial charge in [-0.05, 0) is 55.7 Å². The van der Waals surface area contributed by atoms with E-state index in [1.807, 2.05) is 27.7 Å². The third kappa shape index (κ3) is 12.7. The number of carbonyl (C=O) groups is 4. The fourth-order valence-corrected chi connectivity index (χ4v) is 4.05. The highest BCUT2D eigenvalue weighted by molar-refractivity contribution is 5.76. The van der Waals surface area contributed by atoms with Crippen LogP contribution >= 0.6 is 0 Å². The molecule has 1 aliphatic rings. The molecule has 0 aliphatic heterocycles. The fourth-order valence-electron chi connectivity index (χ4n) is 4.05. The minimum Gasteiger partial charge on any atom is -0.461 e. The fraction of sp³-hybridized carbons (Fsp3) is 0.677. The monoisotopic (exact) mass is 593 g/mol. The summed E-state index contributed by atoms with van der Waals surface area (Å²) in [5.41, 5.74) is 6.60. The third-order valence-corrected chi connectivity index (χ3v) is 7.23. The number of carbonyl (C=O) groups excluding carboxylic acids is 4. The Kier molecular flexibility index (Phi) is 15.1. The highest BCUT2D eigenvalue weighted by atomic mass is 16.7. The molecule has 0 bridgehead atoms. The van der Waals surface area contributed by atoms with Crippen LogP contribution in [0.4, 0.5) is 9.59 Å². The van der Waals surface area contributed by atoms with Crippen molar-refractivity contribution >= 4 is 24.2 Å². The normalized spacial score (nSPS) is 16.3. The lowest BCUT2D eigenvalue weighted by atomic mass is 9.89. The highest BCUT2D eigenvalue weighted by Gasteiger charge is 2.25. The van der Waals surface area contributed by atoms with Gasteiger partial charge in [0.25, 0.3) is 0 Å². The van der Waals surface area contributed by atoms with Crippen molar-refractivity contribution in [2.75, 3.05) is 19.8 Å². The van der Waals surface area contributed by atoms with Crippen LogP contribution in [0, 0.1) is 17.8 Å². The van der Waals surface area contributed by atoms with Crippen molar-refractivity contribution in [2.45, 2.75) is 98.1 Å². The summed E-state index contributed by atoms with van der Waals surface area (Å²) in [4.78, 5) is 49.5. The van der Waals surface area contributed by atoms with Gasteiger partial charge >= 0.3 is 24.2 Å². The Balaban J connectivity index is 1.99. The second-order valence-electron chi connectivity index (χ2n) is 11.2. The number of esters is 2. The van der Waals surface area contributed by atoms with Gasteiger partial charge in [-0.3, -0.25) is 9.59 Å². The molecule has 236 valence electrons. The van der Waals surface area contributed by atoms with Crippen LogP contribution in [0.5, 0.6) is 11.5 Å². The van der Waals surface area contributed by atoms with Crippen molar-refractivity contribution in [1.82, 2.24) is 0 Å². The summed E-state index contributed by atoms with van der Waals surface area (Å²) in [6.07, 6.45) is 3.96. The van der Waals surface area contributed by atoms with E-state index in [1.54, 1.807) is 13.0 Å². The number of hydrogen-bond donors (Lipinski definition) is 1. The van der Waals surface area contributed by atoms with Crippen LogP contribution < -0.4 is 15.2 Å². The third-order valence-electron chi connectivity index (χ3n) is 7.23. The molecule has 11 heteroatoms. The smallest absolute Gasteiger partial charge is 0.461 e. The molecule has 1 aliphatic carbocycles. The number of rotatable bonds is 15. The van der Waals surface area contributed by atoms with E-state index in [2.05, 4.69) is 0 Å². The highest BCUT2D eigenvalue weighted by Crippen LogP contribution is 2.30. The molecule has 0 spiro atoms. The number of hydrogen-bond acceptors (Lipinski definition) is 11. The molecule has 0 aromatic heterocycles. The van der Waals surface area contributed by atoms with Crippen molar-refractivity contribution in [3.8, 4) is 11.5 Å². The summed E-state index contributed by atoms with van der Waals surface area (Å²) in [5, 5.41) is 0. The van der Waals surface area contributed by atoms with Gasteiger partial charge in [-0.15, -0.1) is 0 Å². The summed E-state index contributed by atoms with van der Waals surface area (Å²) in [6, 6.07) is 3.38. The number of ether oxygens (including phenoxy) is 6. The Hall–Kier alpha value is -3.34. The van der Waals surface area contributed by atoms with Crippen molar-refractivity contribution in [1.29, 1.82) is 0 Å². The van der Waals surface area contributed by atoms with E-state index in [9.17, 15) is 19.2 Å². The molecule has 1 saturated carbocycles. The van der Waals surface area contributed by atoms with Gasteiger partial charge in [0.2, 0.25) is 0 Å². The Morgan fingerprint density at radius 2 is 1.38 bits per heavy atom. The predicted molar refractivity (Wildman–Crippen MR) is 154 cm³/mol. The first-order valence-electron chi connectivity index (χ1n) is 15.0. The average molecular weight is 594 g/mol. The van der Waals surface area contributed by atoms with Gasteiger partial charge in [0, 0.05) is 0 Å². The van der Waals surface area contributed by atoms with E-state index >= 15 is 0 Å². The van der Waals surface area contributed by atoms with Crippen LogP contribution in [0.1, 0.15) is 85.1 Å². The molecular weight excluding hydrogens is 546 g/mol. The Labute approximate surface area is 248 Å². The van der Waals surface area contributed by atoms with Crippen LogP contribution in [-0.2, 0) is 35.0 Å². The van der Waals surface area contributed by atoms with Crippen molar-refractivity contribution < 1.29 is 47.6 Å². The molecule has 2 unspecified atom stereocenters. The maximum atomic E-state index is 12.6. The van der Waals surface area contributed by atoms with Crippen molar-refractivity contribution in [3.63, 3.8) is 0 Å². The summed E-state index contributed by atoms with van der Waals surface area (Å²) >= 11 is 0. The number of benzene rings is 1. The van der Waals surface area contributed by atoms with Gasteiger partial charge < -0.3 is 34.2 Å². The topological polar surface area (TPSA) is 150 Å². The van der Waals surface area contributed by atoms with Gasteiger partial charge in [-0.25, -0.2) is 9.59 Å². The molecule has 0 radical (unpaired) electrons. The first kappa shape index (κ1) is 34.9. The van der Waals surface area contributed by atoms with Gasteiger partial charge in [-0.2, -0.15) is 0 Å². The standard InChI is InChI=1S/C31H47NO10/c1-6-20(3)17-38-30(35)41-26-14-13-23(16-27(26)42-31(36)39-18-21(4)7-2)15-25(32)29(34)37-19-22(5)40-28(33)24-11-9-8-10-12-24/h13-14,16,20-22,24-25H,6-12,15,17-19,32H2,1-5H3/t20?,21?,22-,25-/m0/s1. The van der Waals surface area contributed by atoms with Crippen molar-refractivity contribution in [2.24, 2.45) is 23.5 Å². The largest absolute Gasteiger partial charge is 0.513 e. The number of nitrogens with two attached hydrogens (primary N) is 1. The van der Waals surface area contributed by atoms with Crippen LogP contribution in [0.3, 0.4) is 0 Å². The molecule has 0 saturated heterocycles. The predicted octanol–water partition coefficient (Wildman–Crippen LogP) is 5.73. The zero-order valence-corrected chi connectivity index (χ0v) is 25.6. The molecule has 1 aromatic rings.